The number of rotatable bonds is 2. The molecule has 7 rings (SSSR count). The lowest BCUT2D eigenvalue weighted by Crippen LogP contribution is -2.16. The molecule has 5 aromatic heterocycles. The lowest BCUT2D eigenvalue weighted by molar-refractivity contribution is 0.553. The van der Waals surface area contributed by atoms with Gasteiger partial charge in [-0.2, -0.15) is 0 Å². The van der Waals surface area contributed by atoms with E-state index in [4.69, 9.17) is 8.83 Å². The van der Waals surface area contributed by atoms with Crippen LogP contribution in [-0.4, -0.2) is 14.5 Å². The molecule has 0 amide bonds. The molecule has 0 spiro atoms. The maximum atomic E-state index is 15.0. The third-order valence-electron chi connectivity index (χ3n) is 6.33. The maximum Gasteiger partial charge on any atom is 0.362 e. The molecule has 34 heavy (non-hydrogen) atoms. The van der Waals surface area contributed by atoms with E-state index in [1.54, 1.807) is 41.1 Å². The molecule has 164 valence electrons. The van der Waals surface area contributed by atoms with Crippen molar-refractivity contribution < 1.29 is 13.2 Å². The number of H-pyrrole nitrogens is 1. The highest BCUT2D eigenvalue weighted by Crippen LogP contribution is 2.38. The number of pyridine rings is 2. The molecule has 0 radical (unpaired) electrons. The minimum atomic E-state index is -0.630. The van der Waals surface area contributed by atoms with Gasteiger partial charge in [-0.05, 0) is 36.4 Å². The minimum absolute atomic E-state index is 0.0301. The molecule has 0 saturated heterocycles. The van der Waals surface area contributed by atoms with E-state index in [2.05, 4.69) is 9.97 Å². The van der Waals surface area contributed by atoms with Gasteiger partial charge in [-0.15, -0.1) is 0 Å². The van der Waals surface area contributed by atoms with Crippen molar-refractivity contribution >= 4 is 54.8 Å². The zero-order valence-corrected chi connectivity index (χ0v) is 17.5. The van der Waals surface area contributed by atoms with Gasteiger partial charge in [0.25, 0.3) is 0 Å². The van der Waals surface area contributed by atoms with Gasteiger partial charge in [0.2, 0.25) is 5.71 Å². The zero-order valence-electron chi connectivity index (χ0n) is 17.5. The molecule has 0 unspecified atom stereocenters. The predicted molar refractivity (Wildman–Crippen MR) is 127 cm³/mol. The molecular weight excluding hydrogens is 437 g/mol. The highest BCUT2D eigenvalue weighted by atomic mass is 19.1. The van der Waals surface area contributed by atoms with Gasteiger partial charge < -0.3 is 18.4 Å². The Kier molecular flexibility index (Phi) is 3.68. The summed E-state index contributed by atoms with van der Waals surface area (Å²) < 4.78 is 27.9. The summed E-state index contributed by atoms with van der Waals surface area (Å²) in [6.45, 7) is 0.0301. The van der Waals surface area contributed by atoms with Crippen LogP contribution in [0.4, 0.5) is 4.39 Å². The van der Waals surface area contributed by atoms with E-state index in [9.17, 15) is 9.59 Å². The molecule has 0 aliphatic carbocycles. The van der Waals surface area contributed by atoms with Crippen molar-refractivity contribution in [3.05, 3.63) is 99.2 Å². The predicted octanol–water partition coefficient (Wildman–Crippen LogP) is 5.07. The summed E-state index contributed by atoms with van der Waals surface area (Å²) in [5, 5.41) is 2.55. The molecule has 2 aromatic carbocycles. The molecule has 8 heteroatoms. The van der Waals surface area contributed by atoms with E-state index in [-0.39, 0.29) is 23.2 Å². The van der Waals surface area contributed by atoms with Gasteiger partial charge in [0.15, 0.2) is 5.43 Å². The van der Waals surface area contributed by atoms with Crippen LogP contribution in [0.25, 0.3) is 54.8 Å². The van der Waals surface area contributed by atoms with Crippen LogP contribution < -0.4 is 11.1 Å². The van der Waals surface area contributed by atoms with Crippen molar-refractivity contribution in [1.29, 1.82) is 0 Å². The Balaban J connectivity index is 1.66. The van der Waals surface area contributed by atoms with Gasteiger partial charge in [0.1, 0.15) is 16.9 Å². The van der Waals surface area contributed by atoms with Crippen LogP contribution in [0.5, 0.6) is 0 Å². The fourth-order valence-electron chi connectivity index (χ4n) is 4.84. The highest BCUT2D eigenvalue weighted by molar-refractivity contribution is 6.25. The number of benzene rings is 2. The Labute approximate surface area is 188 Å². The van der Waals surface area contributed by atoms with Gasteiger partial charge in [0, 0.05) is 39.6 Å². The largest absolute Gasteiger partial charge is 0.463 e. The van der Waals surface area contributed by atoms with Gasteiger partial charge in [0.05, 0.1) is 29.1 Å². The molecule has 5 heterocycles. The molecule has 0 atom stereocenters. The molecule has 7 nitrogen and oxygen atoms in total. The third-order valence-corrected chi connectivity index (χ3v) is 6.33. The smallest absolute Gasteiger partial charge is 0.362 e. The Morgan fingerprint density at radius 2 is 1.85 bits per heavy atom. The second-order valence-corrected chi connectivity index (χ2v) is 8.16. The maximum absolute atomic E-state index is 15.0. The molecule has 1 N–H and O–H groups in total. The number of nitrogens with one attached hydrogen (secondary N) is 1. The summed E-state index contributed by atoms with van der Waals surface area (Å²) in [6, 6.07) is 13.6. The van der Waals surface area contributed by atoms with E-state index in [0.29, 0.717) is 49.1 Å². The summed E-state index contributed by atoms with van der Waals surface area (Å²) in [5.74, 6) is -0.487. The Bertz CT molecular complexity index is 2060. The lowest BCUT2D eigenvalue weighted by Gasteiger charge is -2.08. The van der Waals surface area contributed by atoms with Gasteiger partial charge >= 0.3 is 5.63 Å². The topological polar surface area (TPSA) is 94.0 Å². The molecule has 0 fully saturated rings. The number of hydrogen-bond donors (Lipinski definition) is 1. The second-order valence-electron chi connectivity index (χ2n) is 8.16. The van der Waals surface area contributed by atoms with Crippen LogP contribution in [-0.2, 0) is 6.54 Å². The second kappa shape index (κ2) is 6.64. The number of nitrogens with zero attached hydrogens (tertiary/aromatic N) is 2. The van der Waals surface area contributed by atoms with Crippen LogP contribution in [0.3, 0.4) is 0 Å². The van der Waals surface area contributed by atoms with E-state index in [1.165, 1.54) is 18.5 Å². The van der Waals surface area contributed by atoms with Crippen molar-refractivity contribution in [2.45, 2.75) is 6.54 Å². The van der Waals surface area contributed by atoms with Gasteiger partial charge in [-0.1, -0.05) is 12.1 Å². The Hall–Kier alpha value is -4.72. The average Bonchev–Trinajstić information content (AvgIpc) is 3.45. The van der Waals surface area contributed by atoms with E-state index in [0.717, 1.165) is 0 Å². The number of fused-ring (bicyclic) bond motifs is 8. The SMILES string of the molecule is O=c1c(Cn2c3cc(F)c4ccoc4c3c3c4cccnc4oc(=O)c32)c[nH]c2ccccc12. The lowest BCUT2D eigenvalue weighted by atomic mass is 10.1. The Morgan fingerprint density at radius 3 is 2.76 bits per heavy atom. The van der Waals surface area contributed by atoms with Crippen molar-refractivity contribution in [2.75, 3.05) is 0 Å². The van der Waals surface area contributed by atoms with Crippen LogP contribution in [0.15, 0.2) is 85.6 Å². The first-order valence-electron chi connectivity index (χ1n) is 10.6. The quantitative estimate of drug-likeness (QED) is 0.396. The number of aromatic amines is 1. The van der Waals surface area contributed by atoms with Crippen LogP contribution in [0, 0.1) is 5.82 Å². The van der Waals surface area contributed by atoms with Crippen LogP contribution in [0.1, 0.15) is 5.56 Å². The summed E-state index contributed by atoms with van der Waals surface area (Å²) in [5.41, 5.74) is 1.46. The van der Waals surface area contributed by atoms with E-state index in [1.807, 2.05) is 12.1 Å². The molecule has 0 saturated carbocycles. The fraction of sp³-hybridized carbons (Fsp3) is 0.0385. The van der Waals surface area contributed by atoms with E-state index >= 15 is 4.39 Å². The van der Waals surface area contributed by atoms with Crippen molar-refractivity contribution in [2.24, 2.45) is 0 Å². The number of para-hydroxylation sites is 1. The van der Waals surface area contributed by atoms with Crippen molar-refractivity contribution in [3.63, 3.8) is 0 Å². The summed E-state index contributed by atoms with van der Waals surface area (Å²) in [4.78, 5) is 33.7. The van der Waals surface area contributed by atoms with Crippen molar-refractivity contribution in [3.8, 4) is 0 Å². The molecule has 0 aliphatic heterocycles. The molecule has 0 bridgehead atoms. The summed E-state index contributed by atoms with van der Waals surface area (Å²) in [6.07, 6.45) is 4.57. The number of halogens is 1. The highest BCUT2D eigenvalue weighted by Gasteiger charge is 2.24. The van der Waals surface area contributed by atoms with Gasteiger partial charge in [-0.25, -0.2) is 14.2 Å². The summed E-state index contributed by atoms with van der Waals surface area (Å²) >= 11 is 0. The average molecular weight is 451 g/mol. The minimum Gasteiger partial charge on any atom is -0.463 e. The molecule has 7 aromatic rings. The van der Waals surface area contributed by atoms with Crippen molar-refractivity contribution in [1.82, 2.24) is 14.5 Å². The zero-order chi connectivity index (χ0) is 23.0. The number of hydrogen-bond acceptors (Lipinski definition) is 5. The number of furan rings is 1. The molecular formula is C26H14FN3O4. The first kappa shape index (κ1) is 18.8. The summed E-state index contributed by atoms with van der Waals surface area (Å²) in [7, 11) is 0. The van der Waals surface area contributed by atoms with Gasteiger partial charge in [-0.3, -0.25) is 4.79 Å². The monoisotopic (exact) mass is 451 g/mol. The molecule has 0 aliphatic rings. The normalized spacial score (nSPS) is 12.0. The third kappa shape index (κ3) is 2.42. The van der Waals surface area contributed by atoms with E-state index < -0.39 is 11.4 Å². The fourth-order valence-corrected chi connectivity index (χ4v) is 4.84. The standard InChI is InChI=1S/C26H14FN3O4/c27-17-10-19-21(24-14(17)7-9-33-24)20-16-5-3-8-28-25(16)34-26(32)22(20)30(19)12-13-11-29-18-6-2-1-4-15(18)23(13)31/h1-11H,12H2,(H,29,31). The van der Waals surface area contributed by atoms with Crippen LogP contribution in [0.2, 0.25) is 0 Å². The number of aromatic nitrogens is 3. The first-order chi connectivity index (χ1) is 16.6. The van der Waals surface area contributed by atoms with Crippen LogP contribution >= 0.6 is 0 Å². The first-order valence-corrected chi connectivity index (χ1v) is 10.6. The Morgan fingerprint density at radius 1 is 1.00 bits per heavy atom.